The van der Waals surface area contributed by atoms with E-state index in [1.54, 1.807) is 19.2 Å². The second-order valence-electron chi connectivity index (χ2n) is 6.57. The Hall–Kier alpha value is -3.09. The van der Waals surface area contributed by atoms with Gasteiger partial charge in [0.2, 0.25) is 5.91 Å². The van der Waals surface area contributed by atoms with Crippen molar-refractivity contribution >= 4 is 11.8 Å². The zero-order valence-corrected chi connectivity index (χ0v) is 15.7. The molecule has 1 heterocycles. The van der Waals surface area contributed by atoms with Crippen LogP contribution in [0.2, 0.25) is 0 Å². The molecule has 7 heteroatoms. The molecule has 2 aromatic carbocycles. The van der Waals surface area contributed by atoms with Crippen LogP contribution in [0.25, 0.3) is 0 Å². The Morgan fingerprint density at radius 2 is 1.79 bits per heavy atom. The van der Waals surface area contributed by atoms with Gasteiger partial charge in [0.05, 0.1) is 13.0 Å². The second-order valence-corrected chi connectivity index (χ2v) is 6.57. The number of amides is 2. The standard InChI is InChI=1S/C21H23FN2O4/c1-27-18-8-4-2-6-15(18)10-11-23-21(26)16-12-24(13-16)20(25)14-28-19-9-5-3-7-17(19)22/h2-9,16H,10-14H2,1H3,(H,23,26). The zero-order chi connectivity index (χ0) is 19.9. The zero-order valence-electron chi connectivity index (χ0n) is 15.7. The van der Waals surface area contributed by atoms with E-state index in [9.17, 15) is 14.0 Å². The number of nitrogens with zero attached hydrogens (tertiary/aromatic N) is 1. The number of hydrogen-bond acceptors (Lipinski definition) is 4. The summed E-state index contributed by atoms with van der Waals surface area (Å²) in [6.45, 7) is 0.947. The lowest BCUT2D eigenvalue weighted by Gasteiger charge is -2.38. The van der Waals surface area contributed by atoms with Gasteiger partial charge in [0.25, 0.3) is 5.91 Å². The van der Waals surface area contributed by atoms with Crippen molar-refractivity contribution < 1.29 is 23.5 Å². The molecule has 0 atom stereocenters. The van der Waals surface area contributed by atoms with Crippen molar-refractivity contribution in [2.24, 2.45) is 5.92 Å². The SMILES string of the molecule is COc1ccccc1CCNC(=O)C1CN(C(=O)COc2ccccc2F)C1. The normalized spacial score (nSPS) is 13.6. The third-order valence-corrected chi connectivity index (χ3v) is 4.68. The first-order chi connectivity index (χ1) is 13.6. The maximum Gasteiger partial charge on any atom is 0.260 e. The molecule has 1 aliphatic rings. The van der Waals surface area contributed by atoms with E-state index in [4.69, 9.17) is 9.47 Å². The van der Waals surface area contributed by atoms with E-state index in [1.165, 1.54) is 17.0 Å². The van der Waals surface area contributed by atoms with Crippen LogP contribution in [-0.2, 0) is 16.0 Å². The largest absolute Gasteiger partial charge is 0.496 e. The highest BCUT2D eigenvalue weighted by Gasteiger charge is 2.35. The summed E-state index contributed by atoms with van der Waals surface area (Å²) in [4.78, 5) is 25.8. The average molecular weight is 386 g/mol. The second kappa shape index (κ2) is 9.21. The fourth-order valence-electron chi connectivity index (χ4n) is 3.01. The van der Waals surface area contributed by atoms with Crippen molar-refractivity contribution in [1.29, 1.82) is 0 Å². The fourth-order valence-corrected chi connectivity index (χ4v) is 3.01. The Labute approximate surface area is 163 Å². The number of methoxy groups -OCH3 is 1. The van der Waals surface area contributed by atoms with Crippen LogP contribution in [0.4, 0.5) is 4.39 Å². The first-order valence-electron chi connectivity index (χ1n) is 9.13. The van der Waals surface area contributed by atoms with Crippen molar-refractivity contribution in [2.45, 2.75) is 6.42 Å². The van der Waals surface area contributed by atoms with Crippen molar-refractivity contribution in [3.05, 3.63) is 59.9 Å². The highest BCUT2D eigenvalue weighted by atomic mass is 19.1. The Morgan fingerprint density at radius 1 is 1.11 bits per heavy atom. The summed E-state index contributed by atoms with van der Waals surface area (Å²) in [5.74, 6) is -0.231. The van der Waals surface area contributed by atoms with Gasteiger partial charge in [-0.2, -0.15) is 0 Å². The number of halogens is 1. The van der Waals surface area contributed by atoms with Crippen LogP contribution in [-0.4, -0.2) is 50.1 Å². The lowest BCUT2D eigenvalue weighted by atomic mass is 9.99. The van der Waals surface area contributed by atoms with Crippen LogP contribution in [0.3, 0.4) is 0 Å². The van der Waals surface area contributed by atoms with Gasteiger partial charge in [0.15, 0.2) is 18.2 Å². The monoisotopic (exact) mass is 386 g/mol. The topological polar surface area (TPSA) is 67.9 Å². The Balaban J connectivity index is 1.36. The lowest BCUT2D eigenvalue weighted by Crippen LogP contribution is -2.56. The predicted octanol–water partition coefficient (Wildman–Crippen LogP) is 2.03. The summed E-state index contributed by atoms with van der Waals surface area (Å²) in [5.41, 5.74) is 1.03. The summed E-state index contributed by atoms with van der Waals surface area (Å²) in [6, 6.07) is 13.6. The molecule has 0 saturated carbocycles. The number of ether oxygens (including phenoxy) is 2. The maximum absolute atomic E-state index is 13.5. The molecule has 1 saturated heterocycles. The van der Waals surface area contributed by atoms with Gasteiger partial charge in [-0.05, 0) is 30.2 Å². The third-order valence-electron chi connectivity index (χ3n) is 4.68. The molecule has 3 rings (SSSR count). The number of nitrogens with one attached hydrogen (secondary N) is 1. The highest BCUT2D eigenvalue weighted by molar-refractivity contribution is 5.85. The van der Waals surface area contributed by atoms with E-state index in [1.807, 2.05) is 24.3 Å². The molecule has 1 aliphatic heterocycles. The summed E-state index contributed by atoms with van der Waals surface area (Å²) in [6.07, 6.45) is 0.668. The van der Waals surface area contributed by atoms with Gasteiger partial charge in [-0.1, -0.05) is 30.3 Å². The molecule has 0 radical (unpaired) electrons. The van der Waals surface area contributed by atoms with Crippen molar-refractivity contribution in [3.63, 3.8) is 0 Å². The number of carbonyl (C=O) groups excluding carboxylic acids is 2. The lowest BCUT2D eigenvalue weighted by molar-refractivity contribution is -0.144. The Bertz CT molecular complexity index is 837. The molecular formula is C21H23FN2O4. The summed E-state index contributed by atoms with van der Waals surface area (Å²) in [5, 5.41) is 2.90. The molecule has 0 bridgehead atoms. The smallest absolute Gasteiger partial charge is 0.260 e. The van der Waals surface area contributed by atoms with Crippen molar-refractivity contribution in [1.82, 2.24) is 10.2 Å². The number of para-hydroxylation sites is 2. The molecule has 28 heavy (non-hydrogen) atoms. The van der Waals surface area contributed by atoms with E-state index in [0.717, 1.165) is 11.3 Å². The molecule has 0 unspecified atom stereocenters. The van der Waals surface area contributed by atoms with E-state index in [0.29, 0.717) is 26.1 Å². The number of rotatable bonds is 8. The highest BCUT2D eigenvalue weighted by Crippen LogP contribution is 2.19. The summed E-state index contributed by atoms with van der Waals surface area (Å²) in [7, 11) is 1.62. The first kappa shape index (κ1) is 19.7. The van der Waals surface area contributed by atoms with Gasteiger partial charge in [-0.15, -0.1) is 0 Å². The molecule has 0 aliphatic carbocycles. The minimum Gasteiger partial charge on any atom is -0.496 e. The van der Waals surface area contributed by atoms with E-state index in [-0.39, 0.29) is 30.1 Å². The van der Waals surface area contributed by atoms with Gasteiger partial charge in [-0.3, -0.25) is 9.59 Å². The molecule has 148 valence electrons. The summed E-state index contributed by atoms with van der Waals surface area (Å²) < 4.78 is 24.0. The summed E-state index contributed by atoms with van der Waals surface area (Å²) >= 11 is 0. The van der Waals surface area contributed by atoms with Crippen LogP contribution >= 0.6 is 0 Å². The molecular weight excluding hydrogens is 363 g/mol. The van der Waals surface area contributed by atoms with Crippen LogP contribution in [0.5, 0.6) is 11.5 Å². The van der Waals surface area contributed by atoms with Crippen molar-refractivity contribution in [2.75, 3.05) is 33.4 Å². The van der Waals surface area contributed by atoms with Gasteiger partial charge >= 0.3 is 0 Å². The predicted molar refractivity (Wildman–Crippen MR) is 102 cm³/mol. The third kappa shape index (κ3) is 4.79. The minimum atomic E-state index is -0.508. The van der Waals surface area contributed by atoms with Gasteiger partial charge < -0.3 is 19.7 Å². The van der Waals surface area contributed by atoms with E-state index >= 15 is 0 Å². The molecule has 0 aromatic heterocycles. The number of benzene rings is 2. The molecule has 1 fully saturated rings. The maximum atomic E-state index is 13.5. The van der Waals surface area contributed by atoms with Crippen molar-refractivity contribution in [3.8, 4) is 11.5 Å². The van der Waals surface area contributed by atoms with Crippen LogP contribution in [0, 0.1) is 11.7 Å². The first-order valence-corrected chi connectivity index (χ1v) is 9.13. The minimum absolute atomic E-state index is 0.0435. The molecule has 1 N–H and O–H groups in total. The average Bonchev–Trinajstić information content (AvgIpc) is 2.66. The number of carbonyl (C=O) groups is 2. The fraction of sp³-hybridized carbons (Fsp3) is 0.333. The van der Waals surface area contributed by atoms with Crippen LogP contribution in [0.1, 0.15) is 5.56 Å². The van der Waals surface area contributed by atoms with Crippen LogP contribution in [0.15, 0.2) is 48.5 Å². The van der Waals surface area contributed by atoms with E-state index < -0.39 is 5.82 Å². The molecule has 2 amide bonds. The van der Waals surface area contributed by atoms with Gasteiger partial charge in [0.1, 0.15) is 5.75 Å². The van der Waals surface area contributed by atoms with Crippen LogP contribution < -0.4 is 14.8 Å². The Morgan fingerprint density at radius 3 is 2.50 bits per heavy atom. The van der Waals surface area contributed by atoms with E-state index in [2.05, 4.69) is 5.32 Å². The quantitative estimate of drug-likeness (QED) is 0.754. The Kier molecular flexibility index (Phi) is 6.47. The van der Waals surface area contributed by atoms with Gasteiger partial charge in [0, 0.05) is 19.6 Å². The number of hydrogen-bond donors (Lipinski definition) is 1. The van der Waals surface area contributed by atoms with Gasteiger partial charge in [-0.25, -0.2) is 4.39 Å². The molecule has 6 nitrogen and oxygen atoms in total. The number of likely N-dealkylation sites (tertiary alicyclic amines) is 1. The molecule has 2 aromatic rings. The molecule has 0 spiro atoms.